The molecule has 0 saturated carbocycles. The minimum Gasteiger partial charge on any atom is -0.478 e. The Bertz CT molecular complexity index is 1230. The van der Waals surface area contributed by atoms with E-state index in [-0.39, 0.29) is 34.2 Å². The molecule has 0 spiro atoms. The summed E-state index contributed by atoms with van der Waals surface area (Å²) in [6.07, 6.45) is 6.55. The quantitative estimate of drug-likeness (QED) is 0.449. The van der Waals surface area contributed by atoms with Gasteiger partial charge in [-0.3, -0.25) is 14.4 Å². The van der Waals surface area contributed by atoms with Crippen molar-refractivity contribution in [3.63, 3.8) is 0 Å². The van der Waals surface area contributed by atoms with Crippen LogP contribution in [0.25, 0.3) is 0 Å². The molecule has 2 aromatic rings. The molecule has 1 saturated heterocycles. The Labute approximate surface area is 213 Å². The standard InChI is InChI=1S/C27H35N3O5S/c1-18-13-14-19(2)30(18)17-7-12-25(31)28-22-10-5-6-11-24(22)36(34,35)29-23-16-15-20-8-3-4-9-21(20)26(23)27(32)33/h5-6,10-11,15-16,18-19,29H,3-4,7-9,12-14,17H2,1-2H3,(H,28,31)(H,32,33). The van der Waals surface area contributed by atoms with E-state index >= 15 is 0 Å². The van der Waals surface area contributed by atoms with Gasteiger partial charge in [0.1, 0.15) is 4.90 Å². The first kappa shape index (κ1) is 26.2. The van der Waals surface area contributed by atoms with Crippen molar-refractivity contribution in [1.82, 2.24) is 4.90 Å². The highest BCUT2D eigenvalue weighted by Crippen LogP contribution is 2.32. The van der Waals surface area contributed by atoms with Crippen molar-refractivity contribution >= 4 is 33.3 Å². The number of anilines is 2. The molecule has 194 valence electrons. The summed E-state index contributed by atoms with van der Waals surface area (Å²) >= 11 is 0. The first-order valence-corrected chi connectivity index (χ1v) is 14.2. The van der Waals surface area contributed by atoms with E-state index in [4.69, 9.17) is 0 Å². The summed E-state index contributed by atoms with van der Waals surface area (Å²) in [4.78, 5) is 27.0. The van der Waals surface area contributed by atoms with Crippen molar-refractivity contribution in [2.45, 2.75) is 82.2 Å². The summed E-state index contributed by atoms with van der Waals surface area (Å²) in [5.41, 5.74) is 1.86. The second kappa shape index (κ2) is 11.0. The van der Waals surface area contributed by atoms with Crippen LogP contribution in [-0.2, 0) is 27.7 Å². The van der Waals surface area contributed by atoms with Crippen LogP contribution < -0.4 is 10.0 Å². The number of sulfonamides is 1. The van der Waals surface area contributed by atoms with Gasteiger partial charge >= 0.3 is 5.97 Å². The van der Waals surface area contributed by atoms with E-state index in [2.05, 4.69) is 28.8 Å². The van der Waals surface area contributed by atoms with Gasteiger partial charge in [-0.25, -0.2) is 13.2 Å². The van der Waals surface area contributed by atoms with Crippen LogP contribution >= 0.6 is 0 Å². The van der Waals surface area contributed by atoms with Crippen molar-refractivity contribution in [3.05, 3.63) is 53.1 Å². The fraction of sp³-hybridized carbons (Fsp3) is 0.481. The predicted molar refractivity (Wildman–Crippen MR) is 140 cm³/mol. The number of hydrogen-bond donors (Lipinski definition) is 3. The van der Waals surface area contributed by atoms with Crippen LogP contribution in [0.1, 0.15) is 73.9 Å². The Morgan fingerprint density at radius 1 is 1.00 bits per heavy atom. The van der Waals surface area contributed by atoms with E-state index in [0.717, 1.165) is 31.4 Å². The van der Waals surface area contributed by atoms with Gasteiger partial charge in [-0.05, 0) is 94.7 Å². The average Bonchev–Trinajstić information content (AvgIpc) is 3.16. The molecule has 4 rings (SSSR count). The summed E-state index contributed by atoms with van der Waals surface area (Å²) < 4.78 is 29.2. The molecule has 2 aromatic carbocycles. The lowest BCUT2D eigenvalue weighted by atomic mass is 9.87. The lowest BCUT2D eigenvalue weighted by molar-refractivity contribution is -0.116. The molecule has 0 aromatic heterocycles. The second-order valence-corrected chi connectivity index (χ2v) is 11.6. The van der Waals surface area contributed by atoms with Crippen LogP contribution in [-0.4, -0.2) is 48.9 Å². The number of fused-ring (bicyclic) bond motifs is 1. The zero-order valence-corrected chi connectivity index (χ0v) is 21.7. The first-order chi connectivity index (χ1) is 17.2. The molecule has 1 aliphatic carbocycles. The fourth-order valence-electron chi connectivity index (χ4n) is 5.49. The Morgan fingerprint density at radius 2 is 1.69 bits per heavy atom. The molecule has 0 radical (unpaired) electrons. The van der Waals surface area contributed by atoms with Gasteiger partial charge in [-0.1, -0.05) is 18.2 Å². The average molecular weight is 514 g/mol. The van der Waals surface area contributed by atoms with E-state index in [9.17, 15) is 23.1 Å². The molecular formula is C27H35N3O5S. The SMILES string of the molecule is CC1CCC(C)N1CCCC(=O)Nc1ccccc1S(=O)(=O)Nc1ccc2c(c1C(=O)O)CCCC2. The van der Waals surface area contributed by atoms with Gasteiger partial charge < -0.3 is 10.4 Å². The molecule has 3 N–H and O–H groups in total. The number of likely N-dealkylation sites (tertiary alicyclic amines) is 1. The number of amides is 1. The number of benzene rings is 2. The summed E-state index contributed by atoms with van der Waals surface area (Å²) in [7, 11) is -4.16. The predicted octanol–water partition coefficient (Wildman–Crippen LogP) is 4.66. The fourth-order valence-corrected chi connectivity index (χ4v) is 6.72. The number of aryl methyl sites for hydroxylation is 1. The van der Waals surface area contributed by atoms with Crippen molar-refractivity contribution in [1.29, 1.82) is 0 Å². The maximum atomic E-state index is 13.3. The number of para-hydroxylation sites is 1. The lowest BCUT2D eigenvalue weighted by Crippen LogP contribution is -2.34. The topological polar surface area (TPSA) is 116 Å². The molecule has 36 heavy (non-hydrogen) atoms. The number of rotatable bonds is 9. The molecule has 1 aliphatic heterocycles. The van der Waals surface area contributed by atoms with Gasteiger partial charge in [0.2, 0.25) is 5.91 Å². The van der Waals surface area contributed by atoms with Crippen LogP contribution in [0, 0.1) is 0 Å². The van der Waals surface area contributed by atoms with Crippen molar-refractivity contribution in [2.75, 3.05) is 16.6 Å². The number of nitrogens with one attached hydrogen (secondary N) is 2. The molecule has 9 heteroatoms. The van der Waals surface area contributed by atoms with Gasteiger partial charge in [-0.2, -0.15) is 0 Å². The minimum absolute atomic E-state index is 0.00246. The monoisotopic (exact) mass is 513 g/mol. The number of carboxylic acids is 1. The Morgan fingerprint density at radius 3 is 2.42 bits per heavy atom. The highest BCUT2D eigenvalue weighted by molar-refractivity contribution is 7.92. The zero-order chi connectivity index (χ0) is 25.9. The highest BCUT2D eigenvalue weighted by Gasteiger charge is 2.28. The van der Waals surface area contributed by atoms with Crippen LogP contribution in [0.4, 0.5) is 11.4 Å². The van der Waals surface area contributed by atoms with Crippen molar-refractivity contribution in [2.24, 2.45) is 0 Å². The third kappa shape index (κ3) is 5.73. The highest BCUT2D eigenvalue weighted by atomic mass is 32.2. The van der Waals surface area contributed by atoms with Gasteiger partial charge in [0, 0.05) is 18.5 Å². The third-order valence-electron chi connectivity index (χ3n) is 7.40. The number of nitrogens with zero attached hydrogens (tertiary/aromatic N) is 1. The molecular weight excluding hydrogens is 478 g/mol. The van der Waals surface area contributed by atoms with Crippen LogP contribution in [0.15, 0.2) is 41.3 Å². The summed E-state index contributed by atoms with van der Waals surface area (Å²) in [6.45, 7) is 5.24. The van der Waals surface area contributed by atoms with E-state index in [0.29, 0.717) is 30.5 Å². The lowest BCUT2D eigenvalue weighted by Gasteiger charge is -2.25. The Balaban J connectivity index is 1.49. The zero-order valence-electron chi connectivity index (χ0n) is 20.9. The molecule has 8 nitrogen and oxygen atoms in total. The van der Waals surface area contributed by atoms with Crippen LogP contribution in [0.5, 0.6) is 0 Å². The van der Waals surface area contributed by atoms with Crippen molar-refractivity contribution < 1.29 is 23.1 Å². The number of aromatic carboxylic acids is 1. The summed E-state index contributed by atoms with van der Waals surface area (Å²) in [6, 6.07) is 10.5. The number of carboxylic acid groups (broad SMARTS) is 1. The number of hydrogen-bond acceptors (Lipinski definition) is 5. The molecule has 0 bridgehead atoms. The molecule has 1 heterocycles. The maximum absolute atomic E-state index is 13.3. The Kier molecular flexibility index (Phi) is 8.00. The third-order valence-corrected chi connectivity index (χ3v) is 8.82. The van der Waals surface area contributed by atoms with E-state index in [1.54, 1.807) is 24.3 Å². The number of carbonyl (C=O) groups is 2. The van der Waals surface area contributed by atoms with Gasteiger partial charge in [0.25, 0.3) is 10.0 Å². The Hall–Kier alpha value is -2.91. The maximum Gasteiger partial charge on any atom is 0.338 e. The number of carbonyl (C=O) groups excluding carboxylic acids is 1. The molecule has 2 unspecified atom stereocenters. The van der Waals surface area contributed by atoms with Crippen LogP contribution in [0.2, 0.25) is 0 Å². The second-order valence-electron chi connectivity index (χ2n) is 9.90. The largest absolute Gasteiger partial charge is 0.478 e. The van der Waals surface area contributed by atoms with Gasteiger partial charge in [0.05, 0.1) is 16.9 Å². The summed E-state index contributed by atoms with van der Waals surface area (Å²) in [5.74, 6) is -1.41. The van der Waals surface area contributed by atoms with E-state index < -0.39 is 16.0 Å². The van der Waals surface area contributed by atoms with Crippen molar-refractivity contribution in [3.8, 4) is 0 Å². The van der Waals surface area contributed by atoms with Gasteiger partial charge in [0.15, 0.2) is 0 Å². The van der Waals surface area contributed by atoms with E-state index in [1.807, 2.05) is 0 Å². The van der Waals surface area contributed by atoms with Gasteiger partial charge in [-0.15, -0.1) is 0 Å². The summed E-state index contributed by atoms with van der Waals surface area (Å²) in [5, 5.41) is 12.6. The molecule has 2 atom stereocenters. The molecule has 1 fully saturated rings. The normalized spacial score (nSPS) is 20.1. The molecule has 2 aliphatic rings. The van der Waals surface area contributed by atoms with Crippen LogP contribution in [0.3, 0.4) is 0 Å². The molecule has 1 amide bonds. The first-order valence-electron chi connectivity index (χ1n) is 12.7. The minimum atomic E-state index is -4.16. The van der Waals surface area contributed by atoms with E-state index in [1.165, 1.54) is 25.0 Å². The smallest absolute Gasteiger partial charge is 0.338 e.